The number of Topliss-reactive ketones (excluding diaryl/α,β-unsaturated/α-hetero) is 1. The van der Waals surface area contributed by atoms with Crippen molar-refractivity contribution in [2.45, 2.75) is 50.4 Å². The van der Waals surface area contributed by atoms with Gasteiger partial charge < -0.3 is 10.3 Å². The highest BCUT2D eigenvalue weighted by molar-refractivity contribution is 9.10. The van der Waals surface area contributed by atoms with E-state index in [-0.39, 0.29) is 16.8 Å². The van der Waals surface area contributed by atoms with Crippen LogP contribution in [0.25, 0.3) is 0 Å². The SMILES string of the molecule is Cc1ccccc1CSc1nc2c(c(=O)[nH]1)C(c1ccc(Br)cc1)C1=C(CC(C)(C)CC1=O)N2. The quantitative estimate of drug-likeness (QED) is 0.301. The molecule has 0 bridgehead atoms. The van der Waals surface area contributed by atoms with Crippen molar-refractivity contribution in [3.8, 4) is 0 Å². The minimum absolute atomic E-state index is 0.0923. The summed E-state index contributed by atoms with van der Waals surface area (Å²) in [7, 11) is 0. The maximum absolute atomic E-state index is 13.4. The molecular weight excluding hydrogens is 510 g/mol. The highest BCUT2D eigenvalue weighted by atomic mass is 79.9. The molecule has 0 amide bonds. The zero-order chi connectivity index (χ0) is 24.0. The average molecular weight is 536 g/mol. The highest BCUT2D eigenvalue weighted by Gasteiger charge is 2.42. The second-order valence-corrected chi connectivity index (χ2v) is 11.7. The third-order valence-corrected chi connectivity index (χ3v) is 7.98. The lowest BCUT2D eigenvalue weighted by Gasteiger charge is -2.38. The number of nitrogens with one attached hydrogen (secondary N) is 2. The molecule has 0 radical (unpaired) electrons. The molecule has 0 spiro atoms. The highest BCUT2D eigenvalue weighted by Crippen LogP contribution is 2.47. The molecule has 1 unspecified atom stereocenters. The van der Waals surface area contributed by atoms with E-state index in [0.29, 0.717) is 34.3 Å². The number of ketones is 1. The maximum Gasteiger partial charge on any atom is 0.257 e. The molecule has 5 rings (SSSR count). The summed E-state index contributed by atoms with van der Waals surface area (Å²) >= 11 is 5.00. The van der Waals surface area contributed by atoms with Gasteiger partial charge in [0.25, 0.3) is 5.56 Å². The number of thioether (sulfide) groups is 1. The van der Waals surface area contributed by atoms with Gasteiger partial charge in [0.05, 0.1) is 5.56 Å². The van der Waals surface area contributed by atoms with Crippen molar-refractivity contribution >= 4 is 39.3 Å². The molecule has 2 N–H and O–H groups in total. The minimum atomic E-state index is -0.436. The molecule has 2 heterocycles. The maximum atomic E-state index is 13.4. The zero-order valence-electron chi connectivity index (χ0n) is 19.4. The first-order valence-electron chi connectivity index (χ1n) is 11.3. The number of H-pyrrole nitrogens is 1. The number of hydrogen-bond acceptors (Lipinski definition) is 5. The van der Waals surface area contributed by atoms with Crippen LogP contribution in [-0.2, 0) is 10.5 Å². The van der Waals surface area contributed by atoms with Crippen molar-refractivity contribution < 1.29 is 4.79 Å². The number of anilines is 1. The molecule has 0 fully saturated rings. The number of aromatic nitrogens is 2. The Balaban J connectivity index is 1.59. The summed E-state index contributed by atoms with van der Waals surface area (Å²) in [6.45, 7) is 6.30. The molecule has 2 aliphatic rings. The average Bonchev–Trinajstić information content (AvgIpc) is 2.77. The molecule has 1 aromatic heterocycles. The standard InChI is InChI=1S/C27H26BrN3O2S/c1-15-6-4-5-7-17(15)14-34-26-30-24-23(25(33)31-26)21(16-8-10-18(28)11-9-16)22-19(29-24)12-27(2,3)13-20(22)32/h4-11,21H,12-14H2,1-3H3,(H2,29,30,31,33). The Morgan fingerprint density at radius 2 is 1.82 bits per heavy atom. The molecule has 7 heteroatoms. The van der Waals surface area contributed by atoms with Crippen LogP contribution in [0.3, 0.4) is 0 Å². The zero-order valence-corrected chi connectivity index (χ0v) is 21.8. The van der Waals surface area contributed by atoms with Crippen LogP contribution in [0.5, 0.6) is 0 Å². The first-order valence-corrected chi connectivity index (χ1v) is 13.1. The molecule has 5 nitrogen and oxygen atoms in total. The van der Waals surface area contributed by atoms with Crippen molar-refractivity contribution in [1.82, 2.24) is 9.97 Å². The van der Waals surface area contributed by atoms with Gasteiger partial charge in [0.1, 0.15) is 5.82 Å². The fourth-order valence-corrected chi connectivity index (χ4v) is 6.07. The van der Waals surface area contributed by atoms with Crippen LogP contribution in [0.1, 0.15) is 54.9 Å². The molecule has 1 atom stereocenters. The third-order valence-electron chi connectivity index (χ3n) is 6.53. The molecule has 3 aromatic rings. The second kappa shape index (κ2) is 8.86. The van der Waals surface area contributed by atoms with E-state index < -0.39 is 5.92 Å². The van der Waals surface area contributed by atoms with Gasteiger partial charge in [-0.2, -0.15) is 0 Å². The van der Waals surface area contributed by atoms with E-state index in [1.54, 1.807) is 0 Å². The fraction of sp³-hybridized carbons (Fsp3) is 0.296. The van der Waals surface area contributed by atoms with Gasteiger partial charge >= 0.3 is 0 Å². The van der Waals surface area contributed by atoms with Gasteiger partial charge in [-0.15, -0.1) is 0 Å². The molecule has 2 aromatic carbocycles. The van der Waals surface area contributed by atoms with Gasteiger partial charge in [0.15, 0.2) is 10.9 Å². The number of aryl methyl sites for hydroxylation is 1. The third kappa shape index (κ3) is 4.39. The number of benzene rings is 2. The number of halogens is 1. The monoisotopic (exact) mass is 535 g/mol. The lowest BCUT2D eigenvalue weighted by molar-refractivity contribution is -0.118. The van der Waals surface area contributed by atoms with Crippen molar-refractivity contribution in [2.24, 2.45) is 5.41 Å². The Hall–Kier alpha value is -2.64. The van der Waals surface area contributed by atoms with Crippen LogP contribution >= 0.6 is 27.7 Å². The lowest BCUT2D eigenvalue weighted by atomic mass is 9.69. The molecule has 1 aliphatic carbocycles. The largest absolute Gasteiger partial charge is 0.343 e. The number of nitrogens with zero attached hydrogens (tertiary/aromatic N) is 1. The first kappa shape index (κ1) is 23.1. The summed E-state index contributed by atoms with van der Waals surface area (Å²) in [5.74, 6) is 0.918. The number of hydrogen-bond donors (Lipinski definition) is 2. The summed E-state index contributed by atoms with van der Waals surface area (Å²) in [5.41, 5.74) is 5.07. The summed E-state index contributed by atoms with van der Waals surface area (Å²) < 4.78 is 0.950. The number of aromatic amines is 1. The second-order valence-electron chi connectivity index (χ2n) is 9.79. The molecule has 34 heavy (non-hydrogen) atoms. The number of carbonyl (C=O) groups excluding carboxylic acids is 1. The van der Waals surface area contributed by atoms with Crippen LogP contribution in [0, 0.1) is 12.3 Å². The van der Waals surface area contributed by atoms with E-state index in [0.717, 1.165) is 22.2 Å². The van der Waals surface area contributed by atoms with Crippen LogP contribution in [0.4, 0.5) is 5.82 Å². The van der Waals surface area contributed by atoms with Crippen molar-refractivity contribution in [2.75, 3.05) is 5.32 Å². The van der Waals surface area contributed by atoms with Gasteiger partial charge in [-0.3, -0.25) is 9.59 Å². The molecule has 0 saturated carbocycles. The van der Waals surface area contributed by atoms with E-state index in [2.05, 4.69) is 59.1 Å². The summed E-state index contributed by atoms with van der Waals surface area (Å²) in [5, 5.41) is 3.96. The van der Waals surface area contributed by atoms with E-state index in [1.165, 1.54) is 22.9 Å². The topological polar surface area (TPSA) is 74.8 Å². The van der Waals surface area contributed by atoms with Gasteiger partial charge in [0, 0.05) is 33.8 Å². The molecular formula is C27H26BrN3O2S. The predicted octanol–water partition coefficient (Wildman–Crippen LogP) is 6.33. The van der Waals surface area contributed by atoms with E-state index in [4.69, 9.17) is 4.98 Å². The van der Waals surface area contributed by atoms with Crippen LogP contribution < -0.4 is 10.9 Å². The Kier molecular flexibility index (Phi) is 6.02. The van der Waals surface area contributed by atoms with E-state index in [1.807, 2.05) is 36.4 Å². The van der Waals surface area contributed by atoms with Crippen LogP contribution in [0.15, 0.2) is 74.2 Å². The lowest BCUT2D eigenvalue weighted by Crippen LogP contribution is -2.37. The van der Waals surface area contributed by atoms with Gasteiger partial charge in [0.2, 0.25) is 0 Å². The van der Waals surface area contributed by atoms with Crippen molar-refractivity contribution in [3.63, 3.8) is 0 Å². The number of rotatable bonds is 4. The predicted molar refractivity (Wildman–Crippen MR) is 140 cm³/mol. The van der Waals surface area contributed by atoms with Gasteiger partial charge in [-0.25, -0.2) is 4.98 Å². The van der Waals surface area contributed by atoms with E-state index >= 15 is 0 Å². The fourth-order valence-electron chi connectivity index (χ4n) is 4.87. The smallest absolute Gasteiger partial charge is 0.257 e. The number of carbonyl (C=O) groups is 1. The van der Waals surface area contributed by atoms with Crippen LogP contribution in [0.2, 0.25) is 0 Å². The Bertz CT molecular complexity index is 1380. The Morgan fingerprint density at radius 3 is 2.56 bits per heavy atom. The normalized spacial score (nSPS) is 18.8. The Labute approximate surface area is 211 Å². The summed E-state index contributed by atoms with van der Waals surface area (Å²) in [4.78, 5) is 34.6. The first-order chi connectivity index (χ1) is 16.2. The Morgan fingerprint density at radius 1 is 1.09 bits per heavy atom. The summed E-state index contributed by atoms with van der Waals surface area (Å²) in [6, 6.07) is 16.1. The van der Waals surface area contributed by atoms with Crippen molar-refractivity contribution in [3.05, 3.63) is 96.9 Å². The summed E-state index contributed by atoms with van der Waals surface area (Å²) in [6.07, 6.45) is 1.20. The van der Waals surface area contributed by atoms with E-state index in [9.17, 15) is 9.59 Å². The van der Waals surface area contributed by atoms with Crippen molar-refractivity contribution in [1.29, 1.82) is 0 Å². The number of fused-ring (bicyclic) bond motifs is 1. The molecule has 0 saturated heterocycles. The molecule has 174 valence electrons. The van der Waals surface area contributed by atoms with Gasteiger partial charge in [-0.05, 0) is 47.6 Å². The number of allylic oxidation sites excluding steroid dienone is 2. The van der Waals surface area contributed by atoms with Crippen LogP contribution in [-0.4, -0.2) is 15.8 Å². The van der Waals surface area contributed by atoms with Gasteiger partial charge in [-0.1, -0.05) is 77.9 Å². The molecule has 1 aliphatic heterocycles. The minimum Gasteiger partial charge on any atom is -0.343 e.